The number of aryl methyl sites for hydroxylation is 1. The highest BCUT2D eigenvalue weighted by molar-refractivity contribution is 5.82. The molecule has 0 unspecified atom stereocenters. The second-order valence-electron chi connectivity index (χ2n) is 4.85. The highest BCUT2D eigenvalue weighted by atomic mass is 19.1. The molecule has 0 aliphatic carbocycles. The SMILES string of the molecule is Cc1cc(CNc2ccc3ncccc3c2)ccc1F. The molecule has 0 saturated heterocycles. The Balaban J connectivity index is 1.77. The number of anilines is 1. The zero-order valence-corrected chi connectivity index (χ0v) is 11.2. The number of nitrogens with one attached hydrogen (secondary N) is 1. The minimum atomic E-state index is -0.162. The second kappa shape index (κ2) is 5.29. The third-order valence-corrected chi connectivity index (χ3v) is 3.32. The summed E-state index contributed by atoms with van der Waals surface area (Å²) in [7, 11) is 0. The van der Waals surface area contributed by atoms with E-state index in [0.29, 0.717) is 12.1 Å². The number of benzene rings is 2. The average molecular weight is 266 g/mol. The van der Waals surface area contributed by atoms with Crippen molar-refractivity contribution in [2.75, 3.05) is 5.32 Å². The van der Waals surface area contributed by atoms with Crippen LogP contribution in [0.4, 0.5) is 10.1 Å². The van der Waals surface area contributed by atoms with Gasteiger partial charge < -0.3 is 5.32 Å². The van der Waals surface area contributed by atoms with Crippen LogP contribution in [0.15, 0.2) is 54.7 Å². The van der Waals surface area contributed by atoms with Crippen LogP contribution in [-0.2, 0) is 6.54 Å². The number of hydrogen-bond donors (Lipinski definition) is 1. The molecule has 1 N–H and O–H groups in total. The number of nitrogens with zero attached hydrogens (tertiary/aromatic N) is 1. The van der Waals surface area contributed by atoms with Crippen LogP contribution in [0.3, 0.4) is 0 Å². The van der Waals surface area contributed by atoms with Gasteiger partial charge in [0.25, 0.3) is 0 Å². The first-order valence-electron chi connectivity index (χ1n) is 6.56. The van der Waals surface area contributed by atoms with Crippen LogP contribution < -0.4 is 5.32 Å². The van der Waals surface area contributed by atoms with Gasteiger partial charge in [0, 0.05) is 23.8 Å². The lowest BCUT2D eigenvalue weighted by Gasteiger charge is -2.08. The molecule has 0 aliphatic heterocycles. The molecule has 0 amide bonds. The van der Waals surface area contributed by atoms with Crippen LogP contribution in [-0.4, -0.2) is 4.98 Å². The van der Waals surface area contributed by atoms with Crippen molar-refractivity contribution in [3.63, 3.8) is 0 Å². The Hall–Kier alpha value is -2.42. The van der Waals surface area contributed by atoms with Crippen molar-refractivity contribution in [1.82, 2.24) is 4.98 Å². The first-order chi connectivity index (χ1) is 9.72. The third-order valence-electron chi connectivity index (χ3n) is 3.32. The van der Waals surface area contributed by atoms with Crippen molar-refractivity contribution in [1.29, 1.82) is 0 Å². The standard InChI is InChI=1S/C17H15FN2/c1-12-9-13(4-6-16(12)18)11-20-15-5-7-17-14(10-15)3-2-8-19-17/h2-10,20H,11H2,1H3. The van der Waals surface area contributed by atoms with E-state index in [-0.39, 0.29) is 5.82 Å². The third kappa shape index (κ3) is 2.62. The molecule has 100 valence electrons. The molecule has 3 aromatic rings. The molecule has 0 atom stereocenters. The van der Waals surface area contributed by atoms with Crippen LogP contribution in [0, 0.1) is 12.7 Å². The van der Waals surface area contributed by atoms with E-state index in [9.17, 15) is 4.39 Å². The van der Waals surface area contributed by atoms with Gasteiger partial charge in [-0.25, -0.2) is 4.39 Å². The van der Waals surface area contributed by atoms with Gasteiger partial charge in [-0.15, -0.1) is 0 Å². The molecule has 20 heavy (non-hydrogen) atoms. The molecular weight excluding hydrogens is 251 g/mol. The number of aromatic nitrogens is 1. The Kier molecular flexibility index (Phi) is 3.33. The van der Waals surface area contributed by atoms with Gasteiger partial charge in [0.2, 0.25) is 0 Å². The first-order valence-corrected chi connectivity index (χ1v) is 6.56. The number of fused-ring (bicyclic) bond motifs is 1. The van der Waals surface area contributed by atoms with Crippen molar-refractivity contribution in [3.8, 4) is 0 Å². The summed E-state index contributed by atoms with van der Waals surface area (Å²) < 4.78 is 13.2. The molecule has 0 radical (unpaired) electrons. The molecule has 0 spiro atoms. The quantitative estimate of drug-likeness (QED) is 0.764. The minimum absolute atomic E-state index is 0.162. The lowest BCUT2D eigenvalue weighted by atomic mass is 10.1. The highest BCUT2D eigenvalue weighted by Gasteiger charge is 2.00. The predicted octanol–water partition coefficient (Wildman–Crippen LogP) is 4.29. The molecule has 0 saturated carbocycles. The monoisotopic (exact) mass is 266 g/mol. The summed E-state index contributed by atoms with van der Waals surface area (Å²) in [5.41, 5.74) is 3.75. The summed E-state index contributed by atoms with van der Waals surface area (Å²) in [4.78, 5) is 4.29. The molecule has 2 aromatic carbocycles. The van der Waals surface area contributed by atoms with Gasteiger partial charge in [0.1, 0.15) is 5.82 Å². The van der Waals surface area contributed by atoms with E-state index in [4.69, 9.17) is 0 Å². The van der Waals surface area contributed by atoms with Gasteiger partial charge in [0.15, 0.2) is 0 Å². The van der Waals surface area contributed by atoms with Gasteiger partial charge in [-0.1, -0.05) is 18.2 Å². The maximum Gasteiger partial charge on any atom is 0.126 e. The summed E-state index contributed by atoms with van der Waals surface area (Å²) in [5.74, 6) is -0.162. The fourth-order valence-electron chi connectivity index (χ4n) is 2.21. The fourth-order valence-corrected chi connectivity index (χ4v) is 2.21. The Morgan fingerprint density at radius 1 is 1.10 bits per heavy atom. The van der Waals surface area contributed by atoms with E-state index in [1.165, 1.54) is 6.07 Å². The molecular formula is C17H15FN2. The lowest BCUT2D eigenvalue weighted by Crippen LogP contribution is -2.00. The van der Waals surface area contributed by atoms with Crippen LogP contribution in [0.2, 0.25) is 0 Å². The molecule has 1 heterocycles. The zero-order valence-electron chi connectivity index (χ0n) is 11.2. The van der Waals surface area contributed by atoms with Gasteiger partial charge in [0.05, 0.1) is 5.52 Å². The first kappa shape index (κ1) is 12.6. The summed E-state index contributed by atoms with van der Waals surface area (Å²) in [6.45, 7) is 2.45. The van der Waals surface area contributed by atoms with Gasteiger partial charge in [-0.05, 0) is 48.4 Å². The summed E-state index contributed by atoms with van der Waals surface area (Å²) in [6.07, 6.45) is 1.79. The number of rotatable bonds is 3. The van der Waals surface area contributed by atoms with E-state index in [2.05, 4.69) is 16.4 Å². The molecule has 1 aromatic heterocycles. The van der Waals surface area contributed by atoms with E-state index in [1.807, 2.05) is 30.3 Å². The number of pyridine rings is 1. The molecule has 3 rings (SSSR count). The minimum Gasteiger partial charge on any atom is -0.381 e. The maximum absolute atomic E-state index is 13.2. The Morgan fingerprint density at radius 2 is 2.00 bits per heavy atom. The molecule has 2 nitrogen and oxygen atoms in total. The lowest BCUT2D eigenvalue weighted by molar-refractivity contribution is 0.617. The van der Waals surface area contributed by atoms with Crippen molar-refractivity contribution >= 4 is 16.6 Å². The molecule has 0 fully saturated rings. The maximum atomic E-state index is 13.2. The number of hydrogen-bond acceptors (Lipinski definition) is 2. The zero-order chi connectivity index (χ0) is 13.9. The van der Waals surface area contributed by atoms with E-state index in [0.717, 1.165) is 22.2 Å². The van der Waals surface area contributed by atoms with Crippen LogP contribution >= 0.6 is 0 Å². The highest BCUT2D eigenvalue weighted by Crippen LogP contribution is 2.18. The van der Waals surface area contributed by atoms with Gasteiger partial charge in [-0.2, -0.15) is 0 Å². The normalized spacial score (nSPS) is 10.7. The van der Waals surface area contributed by atoms with Gasteiger partial charge >= 0.3 is 0 Å². The van der Waals surface area contributed by atoms with Crippen molar-refractivity contribution in [2.45, 2.75) is 13.5 Å². The van der Waals surface area contributed by atoms with E-state index < -0.39 is 0 Å². The molecule has 3 heteroatoms. The molecule has 0 aliphatic rings. The van der Waals surface area contributed by atoms with Crippen molar-refractivity contribution < 1.29 is 4.39 Å². The summed E-state index contributed by atoms with van der Waals surface area (Å²) in [6, 6.07) is 15.2. The van der Waals surface area contributed by atoms with E-state index >= 15 is 0 Å². The van der Waals surface area contributed by atoms with Crippen LogP contribution in [0.5, 0.6) is 0 Å². The fraction of sp³-hybridized carbons (Fsp3) is 0.118. The predicted molar refractivity (Wildman–Crippen MR) is 80.2 cm³/mol. The van der Waals surface area contributed by atoms with E-state index in [1.54, 1.807) is 19.2 Å². The topological polar surface area (TPSA) is 24.9 Å². The second-order valence-corrected chi connectivity index (χ2v) is 4.85. The van der Waals surface area contributed by atoms with Crippen LogP contribution in [0.1, 0.15) is 11.1 Å². The summed E-state index contributed by atoms with van der Waals surface area (Å²) in [5, 5.41) is 4.45. The average Bonchev–Trinajstić information content (AvgIpc) is 2.48. The number of halogens is 1. The van der Waals surface area contributed by atoms with Gasteiger partial charge in [-0.3, -0.25) is 4.98 Å². The Bertz CT molecular complexity index is 753. The Labute approximate surface area is 117 Å². The van der Waals surface area contributed by atoms with Crippen molar-refractivity contribution in [3.05, 3.63) is 71.7 Å². The van der Waals surface area contributed by atoms with Crippen molar-refractivity contribution in [2.24, 2.45) is 0 Å². The smallest absolute Gasteiger partial charge is 0.126 e. The Morgan fingerprint density at radius 3 is 2.85 bits per heavy atom. The van der Waals surface area contributed by atoms with Crippen LogP contribution in [0.25, 0.3) is 10.9 Å². The summed E-state index contributed by atoms with van der Waals surface area (Å²) >= 11 is 0. The molecule has 0 bridgehead atoms. The largest absolute Gasteiger partial charge is 0.381 e.